The number of benzene rings is 1. The standard InChI is InChI=1S/C23H27N5O2/c1-15-18(23(29)25-19-9-12-30-21-6-4-3-5-17(19)21)14-24-22-13-20(26-28(15)22)16-7-10-27(2)11-8-16/h3-6,13-14,16,19H,7-12H2,1-2H3,(H,25,29)/t19-/m0/s1. The van der Waals surface area contributed by atoms with Crippen molar-refractivity contribution < 1.29 is 9.53 Å². The Labute approximate surface area is 176 Å². The van der Waals surface area contributed by atoms with Gasteiger partial charge in [0.05, 0.1) is 29.6 Å². The smallest absolute Gasteiger partial charge is 0.255 e. The van der Waals surface area contributed by atoms with E-state index in [9.17, 15) is 4.79 Å². The van der Waals surface area contributed by atoms with E-state index < -0.39 is 0 Å². The Morgan fingerprint density at radius 1 is 1.20 bits per heavy atom. The maximum absolute atomic E-state index is 13.1. The summed E-state index contributed by atoms with van der Waals surface area (Å²) in [6.07, 6.45) is 4.64. The van der Waals surface area contributed by atoms with E-state index in [2.05, 4.69) is 28.3 Å². The lowest BCUT2D eigenvalue weighted by atomic mass is 9.94. The molecule has 30 heavy (non-hydrogen) atoms. The first-order chi connectivity index (χ1) is 14.6. The second-order valence-corrected chi connectivity index (χ2v) is 8.38. The molecule has 2 aliphatic rings. The lowest BCUT2D eigenvalue weighted by Crippen LogP contribution is -2.33. The summed E-state index contributed by atoms with van der Waals surface area (Å²) in [4.78, 5) is 20.0. The SMILES string of the molecule is Cc1c(C(=O)N[C@H]2CCOc3ccccc32)cnc2cc(C3CCN(C)CC3)nn12. The number of carbonyl (C=O) groups is 1. The summed E-state index contributed by atoms with van der Waals surface area (Å²) >= 11 is 0. The van der Waals surface area contributed by atoms with Gasteiger partial charge in [-0.15, -0.1) is 0 Å². The van der Waals surface area contributed by atoms with Crippen LogP contribution < -0.4 is 10.1 Å². The fourth-order valence-corrected chi connectivity index (χ4v) is 4.52. The summed E-state index contributed by atoms with van der Waals surface area (Å²) in [5, 5.41) is 7.99. The van der Waals surface area contributed by atoms with Crippen LogP contribution in [-0.4, -0.2) is 52.1 Å². The molecule has 0 spiro atoms. The predicted molar refractivity (Wildman–Crippen MR) is 114 cm³/mol. The molecule has 3 aromatic rings. The number of hydrogen-bond donors (Lipinski definition) is 1. The zero-order valence-corrected chi connectivity index (χ0v) is 17.5. The van der Waals surface area contributed by atoms with Crippen LogP contribution in [0.25, 0.3) is 5.65 Å². The van der Waals surface area contributed by atoms with Gasteiger partial charge in [-0.3, -0.25) is 4.79 Å². The molecule has 7 nitrogen and oxygen atoms in total. The van der Waals surface area contributed by atoms with Crippen molar-refractivity contribution in [3.05, 3.63) is 59.0 Å². The van der Waals surface area contributed by atoms with Gasteiger partial charge in [-0.2, -0.15) is 5.10 Å². The molecule has 0 aliphatic carbocycles. The lowest BCUT2D eigenvalue weighted by molar-refractivity contribution is 0.0923. The molecule has 1 saturated heterocycles. The molecular weight excluding hydrogens is 378 g/mol. The number of hydrogen-bond acceptors (Lipinski definition) is 5. The van der Waals surface area contributed by atoms with Crippen LogP contribution in [0.1, 0.15) is 58.5 Å². The average Bonchev–Trinajstić information content (AvgIpc) is 3.20. The minimum atomic E-state index is -0.125. The van der Waals surface area contributed by atoms with Crippen LogP contribution in [0.3, 0.4) is 0 Å². The first-order valence-corrected chi connectivity index (χ1v) is 10.7. The quantitative estimate of drug-likeness (QED) is 0.725. The number of carbonyl (C=O) groups excluding carboxylic acids is 1. The van der Waals surface area contributed by atoms with E-state index in [0.29, 0.717) is 18.1 Å². The molecule has 0 bridgehead atoms. The maximum atomic E-state index is 13.1. The number of ether oxygens (including phenoxy) is 1. The van der Waals surface area contributed by atoms with Crippen molar-refractivity contribution in [2.45, 2.75) is 38.1 Å². The first kappa shape index (κ1) is 19.1. The topological polar surface area (TPSA) is 71.8 Å². The van der Waals surface area contributed by atoms with Gasteiger partial charge >= 0.3 is 0 Å². The van der Waals surface area contributed by atoms with Crippen LogP contribution in [0.5, 0.6) is 5.75 Å². The van der Waals surface area contributed by atoms with Crippen LogP contribution in [0.4, 0.5) is 0 Å². The highest BCUT2D eigenvalue weighted by atomic mass is 16.5. The highest BCUT2D eigenvalue weighted by Gasteiger charge is 2.25. The molecule has 1 aromatic carbocycles. The summed E-state index contributed by atoms with van der Waals surface area (Å²) in [5.41, 5.74) is 4.28. The molecule has 2 aliphatic heterocycles. The van der Waals surface area contributed by atoms with E-state index in [1.165, 1.54) is 0 Å². The predicted octanol–water partition coefficient (Wildman–Crippen LogP) is 3.10. The number of fused-ring (bicyclic) bond motifs is 2. The number of para-hydroxylation sites is 1. The minimum Gasteiger partial charge on any atom is -0.493 e. The van der Waals surface area contributed by atoms with Crippen molar-refractivity contribution in [1.82, 2.24) is 24.8 Å². The van der Waals surface area contributed by atoms with Crippen molar-refractivity contribution >= 4 is 11.6 Å². The molecule has 2 aromatic heterocycles. The molecule has 0 unspecified atom stereocenters. The van der Waals surface area contributed by atoms with Crippen molar-refractivity contribution in [2.75, 3.05) is 26.7 Å². The van der Waals surface area contributed by atoms with Gasteiger partial charge in [-0.1, -0.05) is 18.2 Å². The Morgan fingerprint density at radius 3 is 2.83 bits per heavy atom. The van der Waals surface area contributed by atoms with Gasteiger partial charge in [0.25, 0.3) is 5.91 Å². The van der Waals surface area contributed by atoms with E-state index in [4.69, 9.17) is 9.84 Å². The molecule has 1 fully saturated rings. The minimum absolute atomic E-state index is 0.0649. The van der Waals surface area contributed by atoms with Crippen molar-refractivity contribution in [1.29, 1.82) is 0 Å². The van der Waals surface area contributed by atoms with Crippen LogP contribution in [0, 0.1) is 6.92 Å². The van der Waals surface area contributed by atoms with Crippen LogP contribution in [0.15, 0.2) is 36.5 Å². The number of nitrogens with one attached hydrogen (secondary N) is 1. The first-order valence-electron chi connectivity index (χ1n) is 10.7. The van der Waals surface area contributed by atoms with Crippen LogP contribution in [-0.2, 0) is 0 Å². The molecule has 1 N–H and O–H groups in total. The summed E-state index contributed by atoms with van der Waals surface area (Å²) in [6, 6.07) is 9.88. The monoisotopic (exact) mass is 405 g/mol. The van der Waals surface area contributed by atoms with Crippen molar-refractivity contribution in [2.24, 2.45) is 0 Å². The molecule has 1 atom stereocenters. The van der Waals surface area contributed by atoms with Gasteiger partial charge < -0.3 is 15.0 Å². The van der Waals surface area contributed by atoms with Crippen molar-refractivity contribution in [3.63, 3.8) is 0 Å². The summed E-state index contributed by atoms with van der Waals surface area (Å²) in [6.45, 7) is 4.71. The largest absolute Gasteiger partial charge is 0.493 e. The normalized spacial score (nSPS) is 20.0. The fourth-order valence-electron chi connectivity index (χ4n) is 4.52. The van der Waals surface area contributed by atoms with Crippen LogP contribution in [0.2, 0.25) is 0 Å². The van der Waals surface area contributed by atoms with Gasteiger partial charge in [0.2, 0.25) is 0 Å². The summed E-state index contributed by atoms with van der Waals surface area (Å²) < 4.78 is 7.53. The maximum Gasteiger partial charge on any atom is 0.255 e. The van der Waals surface area contributed by atoms with E-state index in [1.807, 2.05) is 35.7 Å². The third-order valence-electron chi connectivity index (χ3n) is 6.39. The Hall–Kier alpha value is -2.93. The second-order valence-electron chi connectivity index (χ2n) is 8.38. The van der Waals surface area contributed by atoms with Gasteiger partial charge in [0.1, 0.15) is 5.75 Å². The number of likely N-dealkylation sites (tertiary alicyclic amines) is 1. The molecule has 4 heterocycles. The van der Waals surface area contributed by atoms with Gasteiger partial charge in [-0.05, 0) is 46.0 Å². The third kappa shape index (κ3) is 3.43. The molecular formula is C23H27N5O2. The van der Waals surface area contributed by atoms with Gasteiger partial charge in [-0.25, -0.2) is 9.50 Å². The van der Waals surface area contributed by atoms with Gasteiger partial charge in [0.15, 0.2) is 5.65 Å². The summed E-state index contributed by atoms with van der Waals surface area (Å²) in [7, 11) is 2.16. The second kappa shape index (κ2) is 7.72. The number of aryl methyl sites for hydroxylation is 1. The highest BCUT2D eigenvalue weighted by molar-refractivity contribution is 5.95. The molecule has 7 heteroatoms. The highest BCUT2D eigenvalue weighted by Crippen LogP contribution is 2.32. The van der Waals surface area contributed by atoms with Gasteiger partial charge in [0, 0.05) is 30.2 Å². The van der Waals surface area contributed by atoms with E-state index >= 15 is 0 Å². The lowest BCUT2D eigenvalue weighted by Gasteiger charge is -2.27. The number of piperidine rings is 1. The Balaban J connectivity index is 1.39. The Kier molecular flexibility index (Phi) is 4.90. The van der Waals surface area contributed by atoms with E-state index in [0.717, 1.165) is 60.7 Å². The number of nitrogens with zero attached hydrogens (tertiary/aromatic N) is 4. The van der Waals surface area contributed by atoms with Crippen molar-refractivity contribution in [3.8, 4) is 5.75 Å². The average molecular weight is 406 g/mol. The molecule has 1 amide bonds. The number of amides is 1. The zero-order valence-electron chi connectivity index (χ0n) is 17.5. The fraction of sp³-hybridized carbons (Fsp3) is 0.435. The Bertz CT molecular complexity index is 1080. The summed E-state index contributed by atoms with van der Waals surface area (Å²) in [5.74, 6) is 1.17. The van der Waals surface area contributed by atoms with Crippen LogP contribution >= 0.6 is 0 Å². The number of rotatable bonds is 3. The zero-order chi connectivity index (χ0) is 20.7. The number of aromatic nitrogens is 3. The van der Waals surface area contributed by atoms with E-state index in [1.54, 1.807) is 6.20 Å². The third-order valence-corrected chi connectivity index (χ3v) is 6.39. The molecule has 5 rings (SSSR count). The van der Waals surface area contributed by atoms with E-state index in [-0.39, 0.29) is 11.9 Å². The molecule has 0 saturated carbocycles. The Morgan fingerprint density at radius 2 is 2.00 bits per heavy atom. The molecule has 0 radical (unpaired) electrons. The molecule has 156 valence electrons.